The summed E-state index contributed by atoms with van der Waals surface area (Å²) in [5, 5.41) is 0. The molecule has 4 saturated heterocycles. The minimum absolute atomic E-state index is 0.0765. The predicted octanol–water partition coefficient (Wildman–Crippen LogP) is 1.91. The van der Waals surface area contributed by atoms with Crippen LogP contribution in [0.1, 0.15) is 5.56 Å². The first-order valence-corrected chi connectivity index (χ1v) is 9.62. The molecule has 0 aliphatic carbocycles. The Labute approximate surface area is 161 Å². The van der Waals surface area contributed by atoms with Crippen molar-refractivity contribution in [1.29, 1.82) is 0 Å². The van der Waals surface area contributed by atoms with Gasteiger partial charge in [-0.3, -0.25) is 0 Å². The molecule has 6 nitrogen and oxygen atoms in total. The number of ether oxygens (including phenoxy) is 4. The maximum absolute atomic E-state index is 13.6. The summed E-state index contributed by atoms with van der Waals surface area (Å²) in [6, 6.07) is 4.30. The second-order valence-corrected chi connectivity index (χ2v) is 7.87. The molecule has 4 aliphatic heterocycles. The van der Waals surface area contributed by atoms with Gasteiger partial charge in [-0.25, -0.2) is 0 Å². The summed E-state index contributed by atoms with van der Waals surface area (Å²) >= 11 is 0. The van der Waals surface area contributed by atoms with E-state index >= 15 is 0 Å². The van der Waals surface area contributed by atoms with Gasteiger partial charge in [-0.2, -0.15) is 13.2 Å². The summed E-state index contributed by atoms with van der Waals surface area (Å²) in [5.74, 6) is 0. The largest absolute Gasteiger partial charge is 0.416 e. The van der Waals surface area contributed by atoms with E-state index < -0.39 is 11.7 Å². The second kappa shape index (κ2) is 7.05. The number of halogens is 3. The van der Waals surface area contributed by atoms with Crippen LogP contribution in [0.5, 0.6) is 0 Å². The van der Waals surface area contributed by atoms with Crippen molar-refractivity contribution < 1.29 is 32.1 Å². The van der Waals surface area contributed by atoms with Gasteiger partial charge in [-0.05, 0) is 18.2 Å². The minimum Gasteiger partial charge on any atom is -0.371 e. The summed E-state index contributed by atoms with van der Waals surface area (Å²) in [5.41, 5.74) is 0.459. The van der Waals surface area contributed by atoms with Crippen molar-refractivity contribution in [3.8, 4) is 0 Å². The maximum Gasteiger partial charge on any atom is 0.416 e. The second-order valence-electron chi connectivity index (χ2n) is 7.87. The molecule has 4 atom stereocenters. The smallest absolute Gasteiger partial charge is 0.371 e. The maximum atomic E-state index is 13.6. The van der Waals surface area contributed by atoms with Gasteiger partial charge in [0.2, 0.25) is 0 Å². The van der Waals surface area contributed by atoms with E-state index in [9.17, 15) is 13.2 Å². The number of rotatable bonds is 10. The van der Waals surface area contributed by atoms with Crippen LogP contribution in [0.4, 0.5) is 24.5 Å². The van der Waals surface area contributed by atoms with Gasteiger partial charge < -0.3 is 28.7 Å². The van der Waals surface area contributed by atoms with Gasteiger partial charge in [-0.1, -0.05) is 0 Å². The third-order valence-electron chi connectivity index (χ3n) is 5.27. The highest BCUT2D eigenvalue weighted by molar-refractivity contribution is 5.63. The van der Waals surface area contributed by atoms with E-state index in [-0.39, 0.29) is 24.4 Å². The Kier molecular flexibility index (Phi) is 4.65. The molecule has 1 aromatic carbocycles. The summed E-state index contributed by atoms with van der Waals surface area (Å²) in [7, 11) is 0. The number of alkyl halides is 3. The van der Waals surface area contributed by atoms with Crippen molar-refractivity contribution in [3.05, 3.63) is 23.8 Å². The summed E-state index contributed by atoms with van der Waals surface area (Å²) < 4.78 is 62.2. The first kappa shape index (κ1) is 18.5. The molecule has 0 spiro atoms. The Morgan fingerprint density at radius 1 is 0.679 bits per heavy atom. The van der Waals surface area contributed by atoms with Gasteiger partial charge >= 0.3 is 6.18 Å². The van der Waals surface area contributed by atoms with Gasteiger partial charge in [0, 0.05) is 37.6 Å². The van der Waals surface area contributed by atoms with Crippen molar-refractivity contribution in [2.45, 2.75) is 30.6 Å². The predicted molar refractivity (Wildman–Crippen MR) is 94.8 cm³/mol. The van der Waals surface area contributed by atoms with Crippen molar-refractivity contribution in [2.24, 2.45) is 0 Å². The first-order valence-electron chi connectivity index (χ1n) is 9.62. The SMILES string of the molecule is FC(F)(F)c1cc(N(CC2CO2)CC2CO2)cc(N(CC2CO2)CC2CO2)c1. The molecule has 5 rings (SSSR count). The fraction of sp³-hybridized carbons (Fsp3) is 0.684. The number of anilines is 2. The van der Waals surface area contributed by atoms with Crippen LogP contribution in [-0.2, 0) is 25.1 Å². The molecule has 0 saturated carbocycles. The molecule has 4 fully saturated rings. The Morgan fingerprint density at radius 2 is 1.00 bits per heavy atom. The number of benzene rings is 1. The minimum atomic E-state index is -4.42. The van der Waals surface area contributed by atoms with Crippen molar-refractivity contribution in [3.63, 3.8) is 0 Å². The number of epoxide rings is 4. The van der Waals surface area contributed by atoms with E-state index in [1.165, 1.54) is 12.1 Å². The molecule has 9 heteroatoms. The highest BCUT2D eigenvalue weighted by atomic mass is 19.4. The number of hydrogen-bond donors (Lipinski definition) is 0. The van der Waals surface area contributed by atoms with Crippen molar-refractivity contribution in [2.75, 3.05) is 62.4 Å². The summed E-state index contributed by atoms with van der Waals surface area (Å²) in [6.07, 6.45) is -4.11. The van der Waals surface area contributed by atoms with Gasteiger partial charge in [0.15, 0.2) is 0 Å². The van der Waals surface area contributed by atoms with Gasteiger partial charge in [0.1, 0.15) is 0 Å². The molecule has 28 heavy (non-hydrogen) atoms. The molecule has 0 bridgehead atoms. The molecule has 0 N–H and O–H groups in total. The van der Waals surface area contributed by atoms with Gasteiger partial charge in [0.25, 0.3) is 0 Å². The van der Waals surface area contributed by atoms with E-state index in [0.29, 0.717) is 64.0 Å². The molecular formula is C19H23F3N2O4. The third-order valence-corrected chi connectivity index (χ3v) is 5.27. The topological polar surface area (TPSA) is 56.6 Å². The van der Waals surface area contributed by atoms with E-state index in [0.717, 1.165) is 0 Å². The zero-order chi connectivity index (χ0) is 19.3. The summed E-state index contributed by atoms with van der Waals surface area (Å²) in [4.78, 5) is 3.90. The van der Waals surface area contributed by atoms with Crippen LogP contribution in [0.15, 0.2) is 18.2 Å². The van der Waals surface area contributed by atoms with Crippen LogP contribution in [-0.4, -0.2) is 77.0 Å². The zero-order valence-electron chi connectivity index (χ0n) is 15.4. The highest BCUT2D eigenvalue weighted by Crippen LogP contribution is 2.37. The van der Waals surface area contributed by atoms with E-state index in [2.05, 4.69) is 0 Å². The fourth-order valence-electron chi connectivity index (χ4n) is 3.37. The lowest BCUT2D eigenvalue weighted by Crippen LogP contribution is -2.34. The average molecular weight is 400 g/mol. The average Bonchev–Trinajstić information content (AvgIpc) is 3.48. The van der Waals surface area contributed by atoms with Gasteiger partial charge in [0.05, 0.1) is 56.4 Å². The molecule has 1 aromatic rings. The Balaban J connectivity index is 1.46. The lowest BCUT2D eigenvalue weighted by Gasteiger charge is -2.29. The van der Waals surface area contributed by atoms with Crippen LogP contribution in [0.25, 0.3) is 0 Å². The van der Waals surface area contributed by atoms with Gasteiger partial charge in [-0.15, -0.1) is 0 Å². The van der Waals surface area contributed by atoms with E-state index in [1.807, 2.05) is 15.9 Å². The molecule has 0 radical (unpaired) electrons. The van der Waals surface area contributed by atoms with Crippen molar-refractivity contribution >= 4 is 11.4 Å². The summed E-state index contributed by atoms with van der Waals surface area (Å²) in [6.45, 7) is 4.87. The molecular weight excluding hydrogens is 377 g/mol. The quantitative estimate of drug-likeness (QED) is 0.560. The lowest BCUT2D eigenvalue weighted by molar-refractivity contribution is -0.137. The Morgan fingerprint density at radius 3 is 1.25 bits per heavy atom. The Bertz CT molecular complexity index is 637. The van der Waals surface area contributed by atoms with Crippen molar-refractivity contribution in [1.82, 2.24) is 0 Å². The molecule has 0 amide bonds. The molecule has 4 aliphatic rings. The lowest BCUT2D eigenvalue weighted by atomic mass is 10.1. The highest BCUT2D eigenvalue weighted by Gasteiger charge is 2.36. The molecule has 4 unspecified atom stereocenters. The van der Waals surface area contributed by atoms with Crippen LogP contribution >= 0.6 is 0 Å². The van der Waals surface area contributed by atoms with E-state index in [4.69, 9.17) is 18.9 Å². The number of hydrogen-bond acceptors (Lipinski definition) is 6. The molecule has 0 aromatic heterocycles. The monoisotopic (exact) mass is 400 g/mol. The zero-order valence-corrected chi connectivity index (χ0v) is 15.4. The van der Waals surface area contributed by atoms with Crippen LogP contribution in [0.3, 0.4) is 0 Å². The van der Waals surface area contributed by atoms with Crippen LogP contribution in [0.2, 0.25) is 0 Å². The standard InChI is InChI=1S/C19H23F3N2O4/c20-19(21,22)12-1-13(23(4-15-8-25-15)5-16-9-26-16)3-14(2-12)24(6-17-10-27-17)7-18-11-28-18/h1-3,15-18H,4-11H2. The fourth-order valence-corrected chi connectivity index (χ4v) is 3.37. The molecule has 4 heterocycles. The normalized spacial score (nSPS) is 30.1. The molecule has 154 valence electrons. The van der Waals surface area contributed by atoms with E-state index in [1.54, 1.807) is 0 Å². The van der Waals surface area contributed by atoms with Crippen LogP contribution < -0.4 is 9.80 Å². The Hall–Kier alpha value is -1.55. The first-order chi connectivity index (χ1) is 13.4. The third kappa shape index (κ3) is 4.89. The number of nitrogens with zero attached hydrogens (tertiary/aromatic N) is 2. The van der Waals surface area contributed by atoms with Crippen LogP contribution in [0, 0.1) is 0 Å².